The van der Waals surface area contributed by atoms with Crippen molar-refractivity contribution >= 4 is 76.3 Å². The van der Waals surface area contributed by atoms with E-state index in [0.717, 1.165) is 40.8 Å². The molecule has 5 rings (SSSR count). The molecule has 0 saturated carbocycles. The van der Waals surface area contributed by atoms with E-state index in [1.165, 1.54) is 0 Å². The molecular formula is C38H41NO10S3. The summed E-state index contributed by atoms with van der Waals surface area (Å²) in [6.45, 7) is 12.5. The first-order chi connectivity index (χ1) is 24.9. The van der Waals surface area contributed by atoms with E-state index in [9.17, 15) is 24.0 Å². The molecule has 3 aliphatic rings. The predicted octanol–water partition coefficient (Wildman–Crippen LogP) is 6.81. The van der Waals surface area contributed by atoms with Crippen molar-refractivity contribution in [1.82, 2.24) is 0 Å². The van der Waals surface area contributed by atoms with Crippen molar-refractivity contribution < 1.29 is 47.7 Å². The molecule has 1 amide bonds. The minimum absolute atomic E-state index is 0.00419. The van der Waals surface area contributed by atoms with Gasteiger partial charge in [0.05, 0.1) is 56.3 Å². The summed E-state index contributed by atoms with van der Waals surface area (Å²) >= 11 is 2.84. The van der Waals surface area contributed by atoms with Crippen LogP contribution in [-0.4, -0.2) is 72.4 Å². The van der Waals surface area contributed by atoms with E-state index < -0.39 is 33.5 Å². The highest BCUT2D eigenvalue weighted by Crippen LogP contribution is 2.71. The third kappa shape index (κ3) is 7.12. The number of thioether (sulfide) groups is 3. The van der Waals surface area contributed by atoms with Gasteiger partial charge >= 0.3 is 23.9 Å². The quantitative estimate of drug-likeness (QED) is 0.166. The molecule has 3 heterocycles. The molecule has 0 aliphatic carbocycles. The van der Waals surface area contributed by atoms with Crippen molar-refractivity contribution in [3.05, 3.63) is 84.9 Å². The number of amides is 1. The second-order valence-electron chi connectivity index (χ2n) is 11.9. The van der Waals surface area contributed by atoms with Gasteiger partial charge < -0.3 is 28.6 Å². The maximum Gasteiger partial charge on any atom is 0.346 e. The van der Waals surface area contributed by atoms with Crippen molar-refractivity contribution in [3.63, 3.8) is 0 Å². The fraction of sp³-hybridized carbons (Fsp3) is 0.395. The number of nitrogens with zero attached hydrogens (tertiary/aromatic N) is 1. The van der Waals surface area contributed by atoms with Gasteiger partial charge in [-0.05, 0) is 72.2 Å². The van der Waals surface area contributed by atoms with Crippen molar-refractivity contribution in [2.75, 3.05) is 37.9 Å². The van der Waals surface area contributed by atoms with E-state index in [2.05, 4.69) is 0 Å². The molecule has 0 aromatic heterocycles. The van der Waals surface area contributed by atoms with Gasteiger partial charge in [0, 0.05) is 16.0 Å². The van der Waals surface area contributed by atoms with E-state index >= 15 is 0 Å². The van der Waals surface area contributed by atoms with Crippen molar-refractivity contribution in [2.45, 2.75) is 64.5 Å². The van der Waals surface area contributed by atoms with E-state index in [1.54, 1.807) is 50.8 Å². The van der Waals surface area contributed by atoms with Crippen LogP contribution >= 0.6 is 35.3 Å². The third-order valence-corrected chi connectivity index (χ3v) is 12.9. The number of fused-ring (bicyclic) bond motifs is 3. The Morgan fingerprint density at radius 2 is 1.21 bits per heavy atom. The molecule has 0 radical (unpaired) electrons. The van der Waals surface area contributed by atoms with Gasteiger partial charge in [-0.25, -0.2) is 19.2 Å². The Kier molecular flexibility index (Phi) is 12.2. The van der Waals surface area contributed by atoms with Crippen molar-refractivity contribution in [3.8, 4) is 5.75 Å². The number of hydrogen-bond donors (Lipinski definition) is 0. The number of hydrogen-bond acceptors (Lipinski definition) is 13. The van der Waals surface area contributed by atoms with E-state index in [-0.39, 0.29) is 59.0 Å². The highest BCUT2D eigenvalue weighted by atomic mass is 32.2. The standard InChI is InChI=1S/C38H41NO10S3/c1-8-45-23-18-19-25-24(21-23)27-32(37(6,7)39(25)26(40)20-22-16-14-13-15-17-22)50-29(34(42)47-10-3)28(33(41)46-9-2)38(27)51-30(35(43)48-11-4)31(52-38)36(44)49-12-5/h13-19,21H,8-12,20H2,1-7H3. The number of esters is 4. The number of carbonyl (C=O) groups is 5. The molecule has 3 aliphatic heterocycles. The highest BCUT2D eigenvalue weighted by Gasteiger charge is 2.62. The fourth-order valence-electron chi connectivity index (χ4n) is 6.26. The third-order valence-electron chi connectivity index (χ3n) is 8.23. The van der Waals surface area contributed by atoms with Gasteiger partial charge in [0.1, 0.15) is 24.5 Å². The zero-order valence-corrected chi connectivity index (χ0v) is 32.6. The first kappa shape index (κ1) is 39.1. The first-order valence-electron chi connectivity index (χ1n) is 17.0. The van der Waals surface area contributed by atoms with Crippen LogP contribution in [0.5, 0.6) is 5.75 Å². The summed E-state index contributed by atoms with van der Waals surface area (Å²) in [5.74, 6) is -2.94. The van der Waals surface area contributed by atoms with Gasteiger partial charge in [-0.15, -0.1) is 0 Å². The lowest BCUT2D eigenvalue weighted by Gasteiger charge is -2.51. The largest absolute Gasteiger partial charge is 0.494 e. The summed E-state index contributed by atoms with van der Waals surface area (Å²) < 4.78 is 26.2. The van der Waals surface area contributed by atoms with Crippen LogP contribution in [0.3, 0.4) is 0 Å². The molecule has 2 aromatic rings. The molecule has 0 atom stereocenters. The lowest BCUT2D eigenvalue weighted by molar-refractivity contribution is -0.141. The minimum Gasteiger partial charge on any atom is -0.494 e. The SMILES string of the molecule is CCOC(=O)C1=C(C(=O)OCC)SC2(S1)C(C(=O)OCC)=C(C(=O)OCC)SC1=C2c2cc(OCC)ccc2N(C(=O)Cc2ccccc2)C1(C)C. The Labute approximate surface area is 315 Å². The Hall–Kier alpha value is -4.14. The monoisotopic (exact) mass is 767 g/mol. The van der Waals surface area contributed by atoms with Crippen LogP contribution in [0.2, 0.25) is 0 Å². The Morgan fingerprint density at radius 3 is 1.75 bits per heavy atom. The van der Waals surface area contributed by atoms with Crippen molar-refractivity contribution in [2.24, 2.45) is 0 Å². The molecule has 0 bridgehead atoms. The molecule has 0 fully saturated rings. The predicted molar refractivity (Wildman–Crippen MR) is 202 cm³/mol. The number of carbonyl (C=O) groups excluding carboxylic acids is 5. The number of rotatable bonds is 12. The summed E-state index contributed by atoms with van der Waals surface area (Å²) in [5.41, 5.74) is 1.07. The number of ether oxygens (including phenoxy) is 5. The summed E-state index contributed by atoms with van der Waals surface area (Å²) in [5, 5.41) is 0. The molecule has 0 saturated heterocycles. The smallest absolute Gasteiger partial charge is 0.346 e. The van der Waals surface area contributed by atoms with Gasteiger partial charge in [0.25, 0.3) is 0 Å². The molecule has 276 valence electrons. The average molecular weight is 768 g/mol. The Morgan fingerprint density at radius 1 is 0.673 bits per heavy atom. The van der Waals surface area contributed by atoms with E-state index in [0.29, 0.717) is 34.1 Å². The van der Waals surface area contributed by atoms with Gasteiger partial charge in [0.2, 0.25) is 5.91 Å². The molecule has 0 N–H and O–H groups in total. The second-order valence-corrected chi connectivity index (χ2v) is 15.7. The molecule has 14 heteroatoms. The number of anilines is 1. The van der Waals surface area contributed by atoms with E-state index in [4.69, 9.17) is 23.7 Å². The van der Waals surface area contributed by atoms with Crippen LogP contribution in [0, 0.1) is 0 Å². The maximum atomic E-state index is 14.5. The van der Waals surface area contributed by atoms with Crippen LogP contribution in [-0.2, 0) is 49.3 Å². The Balaban J connectivity index is 1.87. The lowest BCUT2D eigenvalue weighted by atomic mass is 9.83. The zero-order valence-electron chi connectivity index (χ0n) is 30.1. The molecule has 52 heavy (non-hydrogen) atoms. The minimum atomic E-state index is -1.69. The van der Waals surface area contributed by atoms with Crippen LogP contribution in [0.15, 0.2) is 73.7 Å². The van der Waals surface area contributed by atoms with Crippen molar-refractivity contribution in [1.29, 1.82) is 0 Å². The highest BCUT2D eigenvalue weighted by molar-refractivity contribution is 8.26. The van der Waals surface area contributed by atoms with E-state index in [1.807, 2.05) is 51.1 Å². The molecular weight excluding hydrogens is 727 g/mol. The van der Waals surface area contributed by atoms with Crippen LogP contribution < -0.4 is 9.64 Å². The average Bonchev–Trinajstić information content (AvgIpc) is 3.49. The number of benzene rings is 2. The van der Waals surface area contributed by atoms with Gasteiger partial charge in [-0.1, -0.05) is 65.6 Å². The van der Waals surface area contributed by atoms with Crippen LogP contribution in [0.25, 0.3) is 5.57 Å². The molecule has 11 nitrogen and oxygen atoms in total. The Bertz CT molecular complexity index is 1850. The van der Waals surface area contributed by atoms with Gasteiger partial charge in [0.15, 0.2) is 0 Å². The second kappa shape index (κ2) is 16.3. The normalized spacial score (nSPS) is 17.0. The van der Waals surface area contributed by atoms with Crippen LogP contribution in [0.4, 0.5) is 5.69 Å². The zero-order chi connectivity index (χ0) is 37.8. The molecule has 2 aromatic carbocycles. The van der Waals surface area contributed by atoms with Gasteiger partial charge in [-0.2, -0.15) is 0 Å². The fourth-order valence-corrected chi connectivity index (χ4v) is 11.2. The topological polar surface area (TPSA) is 135 Å². The molecule has 0 unspecified atom stereocenters. The van der Waals surface area contributed by atoms with Gasteiger partial charge in [-0.3, -0.25) is 4.79 Å². The van der Waals surface area contributed by atoms with Crippen LogP contribution in [0.1, 0.15) is 59.6 Å². The summed E-state index contributed by atoms with van der Waals surface area (Å²) in [6.07, 6.45) is 0.0784. The summed E-state index contributed by atoms with van der Waals surface area (Å²) in [6, 6.07) is 14.7. The molecule has 1 spiro atoms. The maximum absolute atomic E-state index is 14.5. The summed E-state index contributed by atoms with van der Waals surface area (Å²) in [7, 11) is 0. The first-order valence-corrected chi connectivity index (χ1v) is 19.5. The lowest BCUT2D eigenvalue weighted by Crippen LogP contribution is -2.54. The summed E-state index contributed by atoms with van der Waals surface area (Å²) in [4.78, 5) is 72.0.